The van der Waals surface area contributed by atoms with Crippen LogP contribution in [0.5, 0.6) is 0 Å². The van der Waals surface area contributed by atoms with Crippen molar-refractivity contribution in [2.75, 3.05) is 38.5 Å². The van der Waals surface area contributed by atoms with E-state index < -0.39 is 0 Å². The topological polar surface area (TPSA) is 87.1 Å². The van der Waals surface area contributed by atoms with Crippen molar-refractivity contribution >= 4 is 34.1 Å². The molecule has 0 unspecified atom stereocenters. The first-order valence-corrected chi connectivity index (χ1v) is 9.22. The van der Waals surface area contributed by atoms with E-state index in [0.29, 0.717) is 18.9 Å². The summed E-state index contributed by atoms with van der Waals surface area (Å²) in [5.74, 6) is 0.500. The molecule has 0 radical (unpaired) electrons. The van der Waals surface area contributed by atoms with E-state index >= 15 is 0 Å². The zero-order chi connectivity index (χ0) is 18.1. The third kappa shape index (κ3) is 3.49. The molecule has 8 nitrogen and oxygen atoms in total. The van der Waals surface area contributed by atoms with Crippen molar-refractivity contribution in [1.82, 2.24) is 30.0 Å². The number of carbonyl (C=O) groups excluding carboxylic acids is 1. The highest BCUT2D eigenvalue weighted by Crippen LogP contribution is 2.24. The van der Waals surface area contributed by atoms with Crippen molar-refractivity contribution < 1.29 is 4.79 Å². The van der Waals surface area contributed by atoms with Crippen LogP contribution in [-0.2, 0) is 0 Å². The van der Waals surface area contributed by atoms with Crippen LogP contribution in [0.25, 0.3) is 21.6 Å². The maximum atomic E-state index is 12.4. The highest BCUT2D eigenvalue weighted by Gasteiger charge is 2.19. The Labute approximate surface area is 154 Å². The van der Waals surface area contributed by atoms with Crippen molar-refractivity contribution in [1.29, 1.82) is 0 Å². The minimum atomic E-state index is -0.124. The number of nitrogens with zero attached hydrogens (tertiary/aromatic N) is 6. The molecular formula is C17H19N7OS. The first kappa shape index (κ1) is 16.8. The van der Waals surface area contributed by atoms with E-state index in [1.165, 1.54) is 11.3 Å². The molecule has 2 amide bonds. The monoisotopic (exact) mass is 369 g/mol. The van der Waals surface area contributed by atoms with Crippen LogP contribution in [0.4, 0.5) is 10.6 Å². The molecule has 0 aromatic carbocycles. The number of aromatic nitrogens is 4. The lowest BCUT2D eigenvalue weighted by atomic mass is 10.2. The average Bonchev–Trinajstić information content (AvgIpc) is 3.08. The van der Waals surface area contributed by atoms with Gasteiger partial charge in [-0.2, -0.15) is 0 Å². The number of pyridine rings is 2. The molecule has 0 spiro atoms. The smallest absolute Gasteiger partial charge is 0.322 e. The average molecular weight is 369 g/mol. The molecule has 1 N–H and O–H groups in total. The van der Waals surface area contributed by atoms with Gasteiger partial charge in [-0.25, -0.2) is 14.8 Å². The summed E-state index contributed by atoms with van der Waals surface area (Å²) in [5, 5.41) is 13.6. The maximum Gasteiger partial charge on any atom is 0.323 e. The number of hydrogen-bond donors (Lipinski definition) is 1. The van der Waals surface area contributed by atoms with Gasteiger partial charge in [-0.15, -0.1) is 10.2 Å². The standard InChI is InChI=1S/C17H19N7OS/c1-11-21-22-16(26-11)13-4-3-12-10-18-15(9-14(12)19-13)20-17(25)24-7-5-23(2)6-8-24/h3-4,9-10H,5-8H2,1-2H3,(H,18,20,25). The summed E-state index contributed by atoms with van der Waals surface area (Å²) in [6, 6.07) is 5.53. The van der Waals surface area contributed by atoms with Crippen LogP contribution in [0.1, 0.15) is 5.01 Å². The Kier molecular flexibility index (Phi) is 4.48. The molecule has 3 aromatic rings. The molecule has 0 bridgehead atoms. The van der Waals surface area contributed by atoms with Crippen molar-refractivity contribution in [2.45, 2.75) is 6.92 Å². The Hall–Kier alpha value is -2.65. The summed E-state index contributed by atoms with van der Waals surface area (Å²) in [7, 11) is 2.06. The van der Waals surface area contributed by atoms with E-state index in [1.54, 1.807) is 17.2 Å². The van der Waals surface area contributed by atoms with Gasteiger partial charge in [-0.3, -0.25) is 5.32 Å². The van der Waals surface area contributed by atoms with Crippen LogP contribution in [-0.4, -0.2) is 69.2 Å². The molecule has 0 aliphatic carbocycles. The summed E-state index contributed by atoms with van der Waals surface area (Å²) in [4.78, 5) is 25.4. The summed E-state index contributed by atoms with van der Waals surface area (Å²) >= 11 is 1.50. The lowest BCUT2D eigenvalue weighted by molar-refractivity contribution is 0.164. The molecule has 1 saturated heterocycles. The maximum absolute atomic E-state index is 12.4. The SMILES string of the molecule is Cc1nnc(-c2ccc3cnc(NC(=O)N4CCN(C)CC4)cc3n2)s1. The van der Waals surface area contributed by atoms with Gasteiger partial charge in [-0.1, -0.05) is 11.3 Å². The van der Waals surface area contributed by atoms with Gasteiger partial charge in [0.15, 0.2) is 5.01 Å². The molecule has 1 aliphatic rings. The number of fused-ring (bicyclic) bond motifs is 1. The quantitative estimate of drug-likeness (QED) is 0.745. The molecule has 26 heavy (non-hydrogen) atoms. The van der Waals surface area contributed by atoms with Crippen molar-refractivity contribution in [3.05, 3.63) is 29.4 Å². The Morgan fingerprint density at radius 2 is 2.00 bits per heavy atom. The number of anilines is 1. The van der Waals surface area contributed by atoms with E-state index in [0.717, 1.165) is 39.7 Å². The second kappa shape index (κ2) is 6.93. The summed E-state index contributed by atoms with van der Waals surface area (Å²) in [5.41, 5.74) is 1.53. The fourth-order valence-electron chi connectivity index (χ4n) is 2.80. The van der Waals surface area contributed by atoms with Crippen LogP contribution >= 0.6 is 11.3 Å². The van der Waals surface area contributed by atoms with Crippen molar-refractivity contribution in [3.63, 3.8) is 0 Å². The predicted molar refractivity (Wildman–Crippen MR) is 101 cm³/mol. The number of carbonyl (C=O) groups is 1. The zero-order valence-electron chi connectivity index (χ0n) is 14.6. The van der Waals surface area contributed by atoms with Gasteiger partial charge in [0.25, 0.3) is 0 Å². The van der Waals surface area contributed by atoms with Crippen LogP contribution in [0.3, 0.4) is 0 Å². The second-order valence-electron chi connectivity index (χ2n) is 6.31. The van der Waals surface area contributed by atoms with Crippen LogP contribution in [0, 0.1) is 6.92 Å². The third-order valence-corrected chi connectivity index (χ3v) is 5.21. The Morgan fingerprint density at radius 3 is 2.73 bits per heavy atom. The molecule has 1 aliphatic heterocycles. The molecule has 0 atom stereocenters. The van der Waals surface area contributed by atoms with Crippen molar-refractivity contribution in [3.8, 4) is 10.7 Å². The molecule has 0 saturated carbocycles. The van der Waals surface area contributed by atoms with Crippen molar-refractivity contribution in [2.24, 2.45) is 0 Å². The van der Waals surface area contributed by atoms with E-state index in [2.05, 4.69) is 37.4 Å². The van der Waals surface area contributed by atoms with Crippen LogP contribution < -0.4 is 5.32 Å². The van der Waals surface area contributed by atoms with E-state index in [1.807, 2.05) is 19.1 Å². The van der Waals surface area contributed by atoms with Gasteiger partial charge in [0.2, 0.25) is 0 Å². The minimum absolute atomic E-state index is 0.124. The van der Waals surface area contributed by atoms with E-state index in [4.69, 9.17) is 0 Å². The Balaban J connectivity index is 1.55. The third-order valence-electron chi connectivity index (χ3n) is 4.34. The molecule has 134 valence electrons. The highest BCUT2D eigenvalue weighted by atomic mass is 32.1. The van der Waals surface area contributed by atoms with Gasteiger partial charge >= 0.3 is 6.03 Å². The van der Waals surface area contributed by atoms with Crippen LogP contribution in [0.15, 0.2) is 24.4 Å². The molecule has 9 heteroatoms. The van der Waals surface area contributed by atoms with Gasteiger partial charge < -0.3 is 9.80 Å². The van der Waals surface area contributed by atoms with Gasteiger partial charge in [0.05, 0.1) is 5.52 Å². The number of rotatable bonds is 2. The molecule has 4 rings (SSSR count). The molecular weight excluding hydrogens is 350 g/mol. The summed E-state index contributed by atoms with van der Waals surface area (Å²) in [6.07, 6.45) is 1.72. The van der Waals surface area contributed by atoms with Crippen LogP contribution in [0.2, 0.25) is 0 Å². The zero-order valence-corrected chi connectivity index (χ0v) is 15.5. The molecule has 3 aromatic heterocycles. The number of nitrogens with one attached hydrogen (secondary N) is 1. The Morgan fingerprint density at radius 1 is 1.19 bits per heavy atom. The normalized spacial score (nSPS) is 15.4. The fourth-order valence-corrected chi connectivity index (χ4v) is 3.46. The highest BCUT2D eigenvalue weighted by molar-refractivity contribution is 7.14. The predicted octanol–water partition coefficient (Wildman–Crippen LogP) is 2.24. The number of piperazine rings is 1. The van der Waals surface area contributed by atoms with Gasteiger partial charge in [0, 0.05) is 43.8 Å². The van der Waals surface area contributed by atoms with E-state index in [9.17, 15) is 4.79 Å². The van der Waals surface area contributed by atoms with Gasteiger partial charge in [-0.05, 0) is 26.1 Å². The first-order chi connectivity index (χ1) is 12.6. The molecule has 1 fully saturated rings. The minimum Gasteiger partial charge on any atom is -0.322 e. The largest absolute Gasteiger partial charge is 0.323 e. The number of hydrogen-bond acceptors (Lipinski definition) is 7. The summed E-state index contributed by atoms with van der Waals surface area (Å²) in [6.45, 7) is 5.11. The van der Waals surface area contributed by atoms with E-state index in [-0.39, 0.29) is 6.03 Å². The second-order valence-corrected chi connectivity index (χ2v) is 7.49. The van der Waals surface area contributed by atoms with Gasteiger partial charge in [0.1, 0.15) is 16.5 Å². The summed E-state index contributed by atoms with van der Waals surface area (Å²) < 4.78 is 0. The number of urea groups is 1. The number of aryl methyl sites for hydroxylation is 1. The number of amides is 2. The first-order valence-electron chi connectivity index (χ1n) is 8.40. The molecule has 4 heterocycles. The Bertz CT molecular complexity index is 949. The lowest BCUT2D eigenvalue weighted by Crippen LogP contribution is -2.48. The number of likely N-dealkylation sites (N-methyl/N-ethyl adjacent to an activating group) is 1. The fraction of sp³-hybridized carbons (Fsp3) is 0.353. The lowest BCUT2D eigenvalue weighted by Gasteiger charge is -2.32.